The second kappa shape index (κ2) is 7.96. The molecule has 0 spiro atoms. The summed E-state index contributed by atoms with van der Waals surface area (Å²) in [5.74, 6) is -0.694. The van der Waals surface area contributed by atoms with Gasteiger partial charge in [-0.05, 0) is 31.2 Å². The summed E-state index contributed by atoms with van der Waals surface area (Å²) in [6.45, 7) is 1.56. The highest BCUT2D eigenvalue weighted by Crippen LogP contribution is 2.26. The Balaban J connectivity index is 1.62. The van der Waals surface area contributed by atoms with Crippen LogP contribution < -0.4 is 5.32 Å². The molecular weight excluding hydrogens is 375 g/mol. The molecule has 0 saturated carbocycles. The number of hydrogen-bond acceptors (Lipinski definition) is 7. The first-order chi connectivity index (χ1) is 12.9. The van der Waals surface area contributed by atoms with Crippen molar-refractivity contribution in [2.45, 2.75) is 12.1 Å². The second-order valence-electron chi connectivity index (χ2n) is 5.43. The van der Waals surface area contributed by atoms with E-state index in [2.05, 4.69) is 15.5 Å². The molecule has 0 radical (unpaired) electrons. The summed E-state index contributed by atoms with van der Waals surface area (Å²) in [5.41, 5.74) is 1.09. The summed E-state index contributed by atoms with van der Waals surface area (Å²) in [4.78, 5) is 22.5. The maximum absolute atomic E-state index is 13.2. The van der Waals surface area contributed by atoms with E-state index >= 15 is 0 Å². The number of carbonyl (C=O) groups is 1. The van der Waals surface area contributed by atoms with E-state index in [1.807, 2.05) is 0 Å². The van der Waals surface area contributed by atoms with Crippen molar-refractivity contribution in [1.82, 2.24) is 10.2 Å². The van der Waals surface area contributed by atoms with Crippen LogP contribution in [0.5, 0.6) is 0 Å². The summed E-state index contributed by atoms with van der Waals surface area (Å²) in [6, 6.07) is 10.2. The Hall–Kier alpha value is -3.27. The zero-order valence-electron chi connectivity index (χ0n) is 14.0. The Morgan fingerprint density at radius 1 is 1.30 bits per heavy atom. The molecule has 0 aliphatic heterocycles. The van der Waals surface area contributed by atoms with Gasteiger partial charge in [0, 0.05) is 11.6 Å². The van der Waals surface area contributed by atoms with Gasteiger partial charge in [0.2, 0.25) is 11.8 Å². The molecule has 1 heterocycles. The van der Waals surface area contributed by atoms with Gasteiger partial charge in [0.25, 0.3) is 10.9 Å². The molecule has 1 amide bonds. The fourth-order valence-electron chi connectivity index (χ4n) is 2.28. The van der Waals surface area contributed by atoms with Gasteiger partial charge in [-0.15, -0.1) is 10.2 Å². The van der Waals surface area contributed by atoms with Gasteiger partial charge < -0.3 is 9.73 Å². The molecule has 2 aromatic carbocycles. The van der Waals surface area contributed by atoms with Crippen molar-refractivity contribution < 1.29 is 18.5 Å². The lowest BCUT2D eigenvalue weighted by atomic mass is 10.1. The number of anilines is 1. The smallest absolute Gasteiger partial charge is 0.277 e. The molecule has 1 N–H and O–H groups in total. The normalized spacial score (nSPS) is 10.6. The topological polar surface area (TPSA) is 111 Å². The number of aromatic nitrogens is 2. The molecule has 0 atom stereocenters. The lowest BCUT2D eigenvalue weighted by Gasteiger charge is -2.07. The van der Waals surface area contributed by atoms with Crippen LogP contribution in [0.15, 0.2) is 52.1 Å². The Morgan fingerprint density at radius 3 is 2.81 bits per heavy atom. The Morgan fingerprint density at radius 2 is 2.07 bits per heavy atom. The number of amides is 1. The average molecular weight is 388 g/mol. The molecule has 0 unspecified atom stereocenters. The van der Waals surface area contributed by atoms with Crippen LogP contribution in [0, 0.1) is 22.9 Å². The number of nitrogens with zero attached hydrogens (tertiary/aromatic N) is 3. The number of benzene rings is 2. The highest BCUT2D eigenvalue weighted by molar-refractivity contribution is 7.99. The van der Waals surface area contributed by atoms with E-state index in [1.165, 1.54) is 30.3 Å². The van der Waals surface area contributed by atoms with E-state index in [0.717, 1.165) is 11.8 Å². The minimum absolute atomic E-state index is 0.0348. The van der Waals surface area contributed by atoms with E-state index in [-0.39, 0.29) is 28.5 Å². The third kappa shape index (κ3) is 4.47. The van der Waals surface area contributed by atoms with Crippen LogP contribution in [0.4, 0.5) is 15.8 Å². The summed E-state index contributed by atoms with van der Waals surface area (Å²) in [5, 5.41) is 21.4. The maximum Gasteiger partial charge on any atom is 0.277 e. The number of halogens is 1. The van der Waals surface area contributed by atoms with Gasteiger partial charge in [0.05, 0.1) is 21.9 Å². The van der Waals surface area contributed by atoms with Crippen molar-refractivity contribution in [3.8, 4) is 11.5 Å². The molecule has 8 nitrogen and oxygen atoms in total. The first kappa shape index (κ1) is 18.5. The van der Waals surface area contributed by atoms with Crippen LogP contribution in [0.3, 0.4) is 0 Å². The molecule has 10 heteroatoms. The molecule has 0 aliphatic carbocycles. The van der Waals surface area contributed by atoms with Gasteiger partial charge in [-0.2, -0.15) is 0 Å². The van der Waals surface area contributed by atoms with Gasteiger partial charge in [0.1, 0.15) is 5.82 Å². The molecule has 138 valence electrons. The second-order valence-corrected chi connectivity index (χ2v) is 6.35. The fraction of sp³-hybridized carbons (Fsp3) is 0.118. The average Bonchev–Trinajstić information content (AvgIpc) is 3.10. The summed E-state index contributed by atoms with van der Waals surface area (Å²) in [6.07, 6.45) is 0. The van der Waals surface area contributed by atoms with Crippen molar-refractivity contribution >= 4 is 29.0 Å². The molecular formula is C17H13FN4O4S. The van der Waals surface area contributed by atoms with Crippen molar-refractivity contribution in [2.24, 2.45) is 0 Å². The highest BCUT2D eigenvalue weighted by atomic mass is 32.2. The molecule has 0 aliphatic rings. The third-order valence-electron chi connectivity index (χ3n) is 3.58. The highest BCUT2D eigenvalue weighted by Gasteiger charge is 2.16. The van der Waals surface area contributed by atoms with Crippen molar-refractivity contribution in [3.05, 3.63) is 64.0 Å². The zero-order valence-corrected chi connectivity index (χ0v) is 14.8. The number of nitro benzene ring substituents is 1. The minimum Gasteiger partial charge on any atom is -0.411 e. The van der Waals surface area contributed by atoms with Crippen LogP contribution in [-0.2, 0) is 4.79 Å². The molecule has 0 fully saturated rings. The number of carbonyl (C=O) groups excluding carboxylic acids is 1. The third-order valence-corrected chi connectivity index (χ3v) is 4.40. The first-order valence-corrected chi connectivity index (χ1v) is 8.68. The zero-order chi connectivity index (χ0) is 19.4. The minimum atomic E-state index is -0.508. The summed E-state index contributed by atoms with van der Waals surface area (Å²) < 4.78 is 18.6. The van der Waals surface area contributed by atoms with E-state index in [9.17, 15) is 19.3 Å². The maximum atomic E-state index is 13.2. The van der Waals surface area contributed by atoms with Crippen LogP contribution >= 0.6 is 11.8 Å². The quantitative estimate of drug-likeness (QED) is 0.388. The van der Waals surface area contributed by atoms with Gasteiger partial charge in [0.15, 0.2) is 0 Å². The van der Waals surface area contributed by atoms with Crippen LogP contribution in [0.2, 0.25) is 0 Å². The molecule has 0 saturated heterocycles. The van der Waals surface area contributed by atoms with Crippen molar-refractivity contribution in [1.29, 1.82) is 0 Å². The molecule has 3 aromatic rings. The SMILES string of the molecule is Cc1c(NC(=O)CSc2nnc(-c3cccc(F)c3)o2)cccc1[N+](=O)[O-]. The summed E-state index contributed by atoms with van der Waals surface area (Å²) in [7, 11) is 0. The fourth-order valence-corrected chi connectivity index (χ4v) is 2.84. The monoisotopic (exact) mass is 388 g/mol. The van der Waals surface area contributed by atoms with E-state index in [0.29, 0.717) is 16.8 Å². The van der Waals surface area contributed by atoms with E-state index < -0.39 is 10.7 Å². The lowest BCUT2D eigenvalue weighted by Crippen LogP contribution is -2.15. The van der Waals surface area contributed by atoms with Crippen LogP contribution in [0.1, 0.15) is 5.56 Å². The summed E-state index contributed by atoms with van der Waals surface area (Å²) >= 11 is 1.00. The number of hydrogen-bond donors (Lipinski definition) is 1. The van der Waals surface area contributed by atoms with Gasteiger partial charge in [-0.25, -0.2) is 4.39 Å². The number of nitrogens with one attached hydrogen (secondary N) is 1. The van der Waals surface area contributed by atoms with E-state index in [4.69, 9.17) is 4.42 Å². The molecule has 0 bridgehead atoms. The number of thioether (sulfide) groups is 1. The molecule has 27 heavy (non-hydrogen) atoms. The molecule has 1 aromatic heterocycles. The Labute approximate surface area is 156 Å². The lowest BCUT2D eigenvalue weighted by molar-refractivity contribution is -0.385. The van der Waals surface area contributed by atoms with Crippen molar-refractivity contribution in [3.63, 3.8) is 0 Å². The van der Waals surface area contributed by atoms with Gasteiger partial charge in [-0.3, -0.25) is 14.9 Å². The van der Waals surface area contributed by atoms with Gasteiger partial charge in [-0.1, -0.05) is 23.9 Å². The van der Waals surface area contributed by atoms with Crippen LogP contribution in [-0.4, -0.2) is 26.8 Å². The van der Waals surface area contributed by atoms with Crippen LogP contribution in [0.25, 0.3) is 11.5 Å². The molecule has 3 rings (SSSR count). The largest absolute Gasteiger partial charge is 0.411 e. The Bertz CT molecular complexity index is 1010. The predicted octanol–water partition coefficient (Wildman–Crippen LogP) is 3.82. The number of rotatable bonds is 6. The number of nitro groups is 1. The van der Waals surface area contributed by atoms with Crippen molar-refractivity contribution in [2.75, 3.05) is 11.1 Å². The predicted molar refractivity (Wildman–Crippen MR) is 96.9 cm³/mol. The van der Waals surface area contributed by atoms with E-state index in [1.54, 1.807) is 19.1 Å². The standard InChI is InChI=1S/C17H13FN4O4S/c1-10-13(6-3-7-14(10)22(24)25)19-15(23)9-27-17-21-20-16(26-17)11-4-2-5-12(18)8-11/h2-8H,9H2,1H3,(H,19,23). The van der Waals surface area contributed by atoms with Gasteiger partial charge >= 0.3 is 0 Å². The first-order valence-electron chi connectivity index (χ1n) is 7.70. The Kier molecular flexibility index (Phi) is 5.46.